The number of nitrogens with one attached hydrogen (secondary N) is 1. The Kier molecular flexibility index (Phi) is 7.17. The second-order valence-electron chi connectivity index (χ2n) is 7.77. The molecule has 9 nitrogen and oxygen atoms in total. The smallest absolute Gasteiger partial charge is 0.414 e. The summed E-state index contributed by atoms with van der Waals surface area (Å²) < 4.78 is 35.3. The summed E-state index contributed by atoms with van der Waals surface area (Å²) in [7, 11) is 0. The highest BCUT2D eigenvalue weighted by molar-refractivity contribution is 7.80. The summed E-state index contributed by atoms with van der Waals surface area (Å²) in [5.74, 6) is -1.88. The highest BCUT2D eigenvalue weighted by atomic mass is 32.1. The van der Waals surface area contributed by atoms with Crippen LogP contribution in [0.1, 0.15) is 12.5 Å². The van der Waals surface area contributed by atoms with Crippen molar-refractivity contribution in [2.24, 2.45) is 0 Å². The van der Waals surface area contributed by atoms with Crippen molar-refractivity contribution in [1.82, 2.24) is 15.4 Å². The van der Waals surface area contributed by atoms with Gasteiger partial charge in [-0.3, -0.25) is 19.5 Å². The molecule has 1 atom stereocenters. The van der Waals surface area contributed by atoms with Crippen LogP contribution >= 0.6 is 12.2 Å². The number of anilines is 2. The highest BCUT2D eigenvalue weighted by Gasteiger charge is 2.34. The second-order valence-corrected chi connectivity index (χ2v) is 8.16. The quantitative estimate of drug-likeness (QED) is 0.638. The van der Waals surface area contributed by atoms with Crippen molar-refractivity contribution in [2.45, 2.75) is 13.0 Å². The molecule has 0 spiro atoms. The van der Waals surface area contributed by atoms with Crippen LogP contribution in [-0.2, 0) is 14.4 Å². The zero-order valence-corrected chi connectivity index (χ0v) is 19.2. The van der Waals surface area contributed by atoms with Crippen LogP contribution in [0.3, 0.4) is 0 Å². The average Bonchev–Trinajstić information content (AvgIpc) is 3.02. The Hall–Kier alpha value is -3.38. The summed E-state index contributed by atoms with van der Waals surface area (Å²) in [6, 6.07) is 5.73. The number of carbonyl (C=O) groups excluding carboxylic acids is 2. The number of hydrogen-bond donors (Lipinski definition) is 1. The largest absolute Gasteiger partial charge is 0.442 e. The molecule has 2 aliphatic heterocycles. The van der Waals surface area contributed by atoms with Gasteiger partial charge < -0.3 is 15.0 Å². The molecule has 0 bridgehead atoms. The van der Waals surface area contributed by atoms with Gasteiger partial charge >= 0.3 is 6.09 Å². The minimum Gasteiger partial charge on any atom is -0.442 e. The Morgan fingerprint density at radius 2 is 1.91 bits per heavy atom. The van der Waals surface area contributed by atoms with Crippen LogP contribution < -0.4 is 15.1 Å². The van der Waals surface area contributed by atoms with Crippen molar-refractivity contribution in [3.63, 3.8) is 0 Å². The second kappa shape index (κ2) is 10.3. The number of hydrogen-bond acceptors (Lipinski definition) is 7. The van der Waals surface area contributed by atoms with E-state index in [1.165, 1.54) is 12.0 Å². The topological polar surface area (TPSA) is 87.2 Å². The van der Waals surface area contributed by atoms with E-state index >= 15 is 8.78 Å². The molecule has 34 heavy (non-hydrogen) atoms. The molecule has 3 heterocycles. The number of aromatic nitrogens is 1. The molecule has 1 aromatic carbocycles. The Labute approximate surface area is 200 Å². The number of carbonyl (C=O) groups is 2. The number of hydroxylamine groups is 2. The van der Waals surface area contributed by atoms with Gasteiger partial charge in [0, 0.05) is 50.1 Å². The van der Waals surface area contributed by atoms with Crippen LogP contribution in [0.25, 0.3) is 0 Å². The number of pyridine rings is 1. The Balaban J connectivity index is 1.45. The molecule has 4 rings (SSSR count). The summed E-state index contributed by atoms with van der Waals surface area (Å²) in [5, 5.41) is 4.09. The van der Waals surface area contributed by atoms with E-state index in [4.69, 9.17) is 21.8 Å². The van der Waals surface area contributed by atoms with E-state index in [0.29, 0.717) is 11.5 Å². The first-order valence-electron chi connectivity index (χ1n) is 10.6. The lowest BCUT2D eigenvalue weighted by Crippen LogP contribution is -2.34. The molecule has 2 aromatic rings. The summed E-state index contributed by atoms with van der Waals surface area (Å²) >= 11 is 5.47. The first-order chi connectivity index (χ1) is 16.3. The third kappa shape index (κ3) is 5.23. The van der Waals surface area contributed by atoms with Crippen molar-refractivity contribution in [1.29, 1.82) is 0 Å². The summed E-state index contributed by atoms with van der Waals surface area (Å²) in [6.07, 6.45) is 1.90. The van der Waals surface area contributed by atoms with Gasteiger partial charge in [-0.2, -0.15) is 0 Å². The third-order valence-electron chi connectivity index (χ3n) is 5.42. The summed E-state index contributed by atoms with van der Waals surface area (Å²) in [4.78, 5) is 36.1. The maximum absolute atomic E-state index is 15.1. The van der Waals surface area contributed by atoms with Crippen molar-refractivity contribution in [3.05, 3.63) is 53.9 Å². The SMILES string of the molecule is CC(=O)NC[C@H]1CN(c2cc(F)c(N3CCON(C(=S)c4ccncc4)CC3)c(F)c2)C(=O)O1. The molecule has 2 saturated heterocycles. The van der Waals surface area contributed by atoms with Crippen LogP contribution in [0.2, 0.25) is 0 Å². The molecule has 12 heteroatoms. The lowest BCUT2D eigenvalue weighted by atomic mass is 10.2. The molecule has 0 unspecified atom stereocenters. The van der Waals surface area contributed by atoms with Crippen LogP contribution in [-0.4, -0.2) is 72.5 Å². The van der Waals surface area contributed by atoms with Crippen LogP contribution in [0.15, 0.2) is 36.7 Å². The fourth-order valence-corrected chi connectivity index (χ4v) is 4.06. The van der Waals surface area contributed by atoms with Gasteiger partial charge in [-0.15, -0.1) is 0 Å². The third-order valence-corrected chi connectivity index (χ3v) is 5.86. The van der Waals surface area contributed by atoms with E-state index in [9.17, 15) is 9.59 Å². The van der Waals surface area contributed by atoms with Crippen molar-refractivity contribution >= 4 is 40.6 Å². The van der Waals surface area contributed by atoms with Gasteiger partial charge in [0.25, 0.3) is 0 Å². The molecule has 0 saturated carbocycles. The van der Waals surface area contributed by atoms with E-state index in [1.807, 2.05) is 0 Å². The predicted molar refractivity (Wildman–Crippen MR) is 123 cm³/mol. The van der Waals surface area contributed by atoms with E-state index in [1.54, 1.807) is 29.4 Å². The van der Waals surface area contributed by atoms with Crippen molar-refractivity contribution in [2.75, 3.05) is 49.1 Å². The molecule has 2 aliphatic rings. The Bertz CT molecular complexity index is 1070. The first-order valence-corrected chi connectivity index (χ1v) is 11.1. The minimum absolute atomic E-state index is 0.0423. The fraction of sp³-hybridized carbons (Fsp3) is 0.364. The number of rotatable bonds is 5. The fourth-order valence-electron chi connectivity index (χ4n) is 3.78. The average molecular weight is 492 g/mol. The first kappa shape index (κ1) is 23.8. The lowest BCUT2D eigenvalue weighted by molar-refractivity contribution is -0.119. The zero-order chi connectivity index (χ0) is 24.2. The highest BCUT2D eigenvalue weighted by Crippen LogP contribution is 2.31. The number of halogens is 2. The molecule has 2 amide bonds. The number of thiocarbonyl (C=S) groups is 1. The monoisotopic (exact) mass is 491 g/mol. The Morgan fingerprint density at radius 3 is 2.59 bits per heavy atom. The molecule has 2 fully saturated rings. The van der Waals surface area contributed by atoms with Crippen LogP contribution in [0, 0.1) is 11.6 Å². The number of cyclic esters (lactones) is 1. The minimum atomic E-state index is -0.807. The van der Waals surface area contributed by atoms with Gasteiger partial charge in [0.2, 0.25) is 5.91 Å². The van der Waals surface area contributed by atoms with Crippen molar-refractivity contribution in [3.8, 4) is 0 Å². The molecular weight excluding hydrogens is 468 g/mol. The van der Waals surface area contributed by atoms with E-state index in [2.05, 4.69) is 10.3 Å². The predicted octanol–water partition coefficient (Wildman–Crippen LogP) is 2.25. The van der Waals surface area contributed by atoms with Gasteiger partial charge in [0.1, 0.15) is 16.8 Å². The summed E-state index contributed by atoms with van der Waals surface area (Å²) in [6.45, 7) is 2.51. The molecule has 0 aliphatic carbocycles. The molecular formula is C22H23F2N5O4S. The van der Waals surface area contributed by atoms with E-state index in [-0.39, 0.29) is 50.1 Å². The maximum Gasteiger partial charge on any atom is 0.414 e. The standard InChI is InChI=1S/C22H23F2N5O4S/c1-14(30)26-12-17-13-28(22(31)33-17)16-10-18(23)20(19(24)11-16)27-6-7-29(32-9-8-27)21(34)15-2-4-25-5-3-15/h2-5,10-11,17H,6-9,12-13H2,1H3,(H,26,30)/t17-/m0/s1. The van der Waals surface area contributed by atoms with Gasteiger partial charge in [0.15, 0.2) is 11.6 Å². The van der Waals surface area contributed by atoms with Gasteiger partial charge in [-0.1, -0.05) is 12.2 Å². The van der Waals surface area contributed by atoms with Crippen LogP contribution in [0.5, 0.6) is 0 Å². The Morgan fingerprint density at radius 1 is 1.21 bits per heavy atom. The maximum atomic E-state index is 15.1. The normalized spacial score (nSPS) is 18.5. The van der Waals surface area contributed by atoms with Gasteiger partial charge in [-0.05, 0) is 12.1 Å². The van der Waals surface area contributed by atoms with Crippen LogP contribution in [0.4, 0.5) is 25.0 Å². The molecule has 0 radical (unpaired) electrons. The number of nitrogens with zero attached hydrogens (tertiary/aromatic N) is 4. The van der Waals surface area contributed by atoms with Gasteiger partial charge in [0.05, 0.1) is 31.9 Å². The van der Waals surface area contributed by atoms with E-state index in [0.717, 1.165) is 22.6 Å². The summed E-state index contributed by atoms with van der Waals surface area (Å²) in [5.41, 5.74) is 0.599. The number of amides is 2. The number of ether oxygens (including phenoxy) is 1. The molecule has 1 aromatic heterocycles. The lowest BCUT2D eigenvalue weighted by Gasteiger charge is -2.25. The van der Waals surface area contributed by atoms with E-state index < -0.39 is 23.8 Å². The van der Waals surface area contributed by atoms with Gasteiger partial charge in [-0.25, -0.2) is 18.6 Å². The molecule has 180 valence electrons. The van der Waals surface area contributed by atoms with Crippen molar-refractivity contribution < 1.29 is 27.9 Å². The molecule has 1 N–H and O–H groups in total. The number of benzene rings is 1. The zero-order valence-electron chi connectivity index (χ0n) is 18.4.